The molecular formula is C20H23NO2S. The van der Waals surface area contributed by atoms with Crippen molar-refractivity contribution in [3.05, 3.63) is 66.2 Å². The zero-order chi connectivity index (χ0) is 16.8. The van der Waals surface area contributed by atoms with Gasteiger partial charge in [0.2, 0.25) is 5.91 Å². The van der Waals surface area contributed by atoms with Gasteiger partial charge in [0, 0.05) is 10.9 Å². The number of rotatable bonds is 5. The predicted octanol–water partition coefficient (Wildman–Crippen LogP) is 3.94. The molecule has 1 fully saturated rings. The van der Waals surface area contributed by atoms with E-state index in [1.54, 1.807) is 11.8 Å². The van der Waals surface area contributed by atoms with Crippen molar-refractivity contribution in [3.63, 3.8) is 0 Å². The van der Waals surface area contributed by atoms with Gasteiger partial charge >= 0.3 is 0 Å². The number of carbonyl (C=O) groups excluding carboxylic acids is 1. The minimum atomic E-state index is -0.263. The van der Waals surface area contributed by atoms with Gasteiger partial charge in [-0.1, -0.05) is 48.5 Å². The minimum Gasteiger partial charge on any atom is -0.393 e. The number of carbonyl (C=O) groups is 1. The van der Waals surface area contributed by atoms with Gasteiger partial charge in [0.1, 0.15) is 5.25 Å². The summed E-state index contributed by atoms with van der Waals surface area (Å²) in [6, 6.07) is 20.1. The second kappa shape index (κ2) is 8.36. The summed E-state index contributed by atoms with van der Waals surface area (Å²) in [5.41, 5.74) is 1.01. The Bertz CT molecular complexity index is 639. The van der Waals surface area contributed by atoms with Crippen LogP contribution in [0, 0.1) is 0 Å². The molecule has 3 nitrogen and oxygen atoms in total. The van der Waals surface area contributed by atoms with Crippen LogP contribution in [0.2, 0.25) is 0 Å². The zero-order valence-electron chi connectivity index (χ0n) is 13.6. The summed E-state index contributed by atoms with van der Waals surface area (Å²) in [6.45, 7) is 0. The highest BCUT2D eigenvalue weighted by atomic mass is 32.2. The Morgan fingerprint density at radius 3 is 2.17 bits per heavy atom. The Morgan fingerprint density at radius 1 is 0.958 bits per heavy atom. The van der Waals surface area contributed by atoms with E-state index in [1.807, 2.05) is 60.7 Å². The third-order valence-corrected chi connectivity index (χ3v) is 5.65. The van der Waals surface area contributed by atoms with Crippen molar-refractivity contribution in [2.75, 3.05) is 0 Å². The van der Waals surface area contributed by atoms with Gasteiger partial charge in [0.25, 0.3) is 0 Å². The fraction of sp³-hybridized carbons (Fsp3) is 0.350. The summed E-state index contributed by atoms with van der Waals surface area (Å²) in [5.74, 6) is 0.0523. The normalized spacial score (nSPS) is 21.9. The van der Waals surface area contributed by atoms with E-state index in [4.69, 9.17) is 0 Å². The van der Waals surface area contributed by atoms with E-state index < -0.39 is 0 Å². The fourth-order valence-corrected chi connectivity index (χ4v) is 4.09. The molecule has 1 saturated carbocycles. The summed E-state index contributed by atoms with van der Waals surface area (Å²) < 4.78 is 0. The van der Waals surface area contributed by atoms with E-state index >= 15 is 0 Å². The van der Waals surface area contributed by atoms with E-state index in [0.717, 1.165) is 36.1 Å². The smallest absolute Gasteiger partial charge is 0.238 e. The fourth-order valence-electron chi connectivity index (χ4n) is 3.03. The average Bonchev–Trinajstić information content (AvgIpc) is 2.63. The quantitative estimate of drug-likeness (QED) is 0.810. The molecule has 1 aliphatic carbocycles. The van der Waals surface area contributed by atoms with Gasteiger partial charge in [-0.25, -0.2) is 0 Å². The maximum absolute atomic E-state index is 12.9. The standard InChI is InChI=1S/C20H23NO2S/c22-17-13-11-16(12-14-17)21-20(23)19(15-7-3-1-4-8-15)24-18-9-5-2-6-10-18/h1-10,16-17,19,22H,11-14H2,(H,21,23). The molecule has 4 heteroatoms. The number of thioether (sulfide) groups is 1. The van der Waals surface area contributed by atoms with Gasteiger partial charge in [-0.3, -0.25) is 4.79 Å². The molecule has 0 heterocycles. The summed E-state index contributed by atoms with van der Waals surface area (Å²) in [5, 5.41) is 12.6. The van der Waals surface area contributed by atoms with E-state index in [-0.39, 0.29) is 23.3 Å². The van der Waals surface area contributed by atoms with Crippen molar-refractivity contribution in [3.8, 4) is 0 Å². The highest BCUT2D eigenvalue weighted by molar-refractivity contribution is 8.00. The molecule has 0 aromatic heterocycles. The molecule has 1 unspecified atom stereocenters. The van der Waals surface area contributed by atoms with E-state index in [2.05, 4.69) is 5.32 Å². The highest BCUT2D eigenvalue weighted by Gasteiger charge is 2.26. The van der Waals surface area contributed by atoms with Crippen molar-refractivity contribution >= 4 is 17.7 Å². The van der Waals surface area contributed by atoms with Crippen molar-refractivity contribution in [1.29, 1.82) is 0 Å². The lowest BCUT2D eigenvalue weighted by atomic mass is 9.93. The number of hydrogen-bond donors (Lipinski definition) is 2. The minimum absolute atomic E-state index is 0.0523. The number of amides is 1. The molecule has 1 amide bonds. The Morgan fingerprint density at radius 2 is 1.54 bits per heavy atom. The molecule has 0 aliphatic heterocycles. The molecule has 3 rings (SSSR count). The Balaban J connectivity index is 1.73. The Labute approximate surface area is 147 Å². The van der Waals surface area contributed by atoms with E-state index in [1.165, 1.54) is 0 Å². The largest absolute Gasteiger partial charge is 0.393 e. The van der Waals surface area contributed by atoms with Crippen molar-refractivity contribution < 1.29 is 9.90 Å². The first-order valence-electron chi connectivity index (χ1n) is 8.47. The zero-order valence-corrected chi connectivity index (χ0v) is 14.4. The first kappa shape index (κ1) is 17.1. The van der Waals surface area contributed by atoms with Gasteiger partial charge in [0.05, 0.1) is 6.10 Å². The van der Waals surface area contributed by atoms with Crippen LogP contribution in [0.25, 0.3) is 0 Å². The summed E-state index contributed by atoms with van der Waals surface area (Å²) in [7, 11) is 0. The first-order valence-corrected chi connectivity index (χ1v) is 9.35. The average molecular weight is 341 g/mol. The lowest BCUT2D eigenvalue weighted by Crippen LogP contribution is -2.40. The van der Waals surface area contributed by atoms with Crippen molar-refractivity contribution in [2.45, 2.75) is 48.0 Å². The van der Waals surface area contributed by atoms with Gasteiger partial charge in [-0.05, 0) is 43.4 Å². The first-order chi connectivity index (χ1) is 11.7. The number of benzene rings is 2. The molecule has 1 atom stereocenters. The molecule has 2 aromatic carbocycles. The number of hydrogen-bond acceptors (Lipinski definition) is 3. The SMILES string of the molecule is O=C(NC1CCC(O)CC1)C(Sc1ccccc1)c1ccccc1. The lowest BCUT2D eigenvalue weighted by molar-refractivity contribution is -0.121. The second-order valence-corrected chi connectivity index (χ2v) is 7.41. The summed E-state index contributed by atoms with van der Waals surface area (Å²) in [4.78, 5) is 14.0. The lowest BCUT2D eigenvalue weighted by Gasteiger charge is -2.28. The molecule has 0 bridgehead atoms. The molecule has 126 valence electrons. The summed E-state index contributed by atoms with van der Waals surface area (Å²) in [6.07, 6.45) is 3.04. The van der Waals surface area contributed by atoms with Crippen LogP contribution in [-0.2, 0) is 4.79 Å². The van der Waals surface area contributed by atoms with Gasteiger partial charge in [-0.15, -0.1) is 11.8 Å². The Hall–Kier alpha value is -1.78. The molecule has 0 saturated heterocycles. The predicted molar refractivity (Wildman–Crippen MR) is 97.9 cm³/mol. The third-order valence-electron chi connectivity index (χ3n) is 4.38. The number of aliphatic hydroxyl groups excluding tert-OH is 1. The third kappa shape index (κ3) is 4.62. The monoisotopic (exact) mass is 341 g/mol. The molecule has 24 heavy (non-hydrogen) atoms. The van der Waals surface area contributed by atoms with Crippen LogP contribution in [0.5, 0.6) is 0 Å². The molecule has 1 aliphatic rings. The van der Waals surface area contributed by atoms with Crippen LogP contribution in [0.4, 0.5) is 0 Å². The van der Waals surface area contributed by atoms with E-state index in [9.17, 15) is 9.90 Å². The second-order valence-electron chi connectivity index (χ2n) is 6.24. The van der Waals surface area contributed by atoms with Crippen LogP contribution in [0.15, 0.2) is 65.6 Å². The number of aliphatic hydroxyl groups is 1. The van der Waals surface area contributed by atoms with Crippen molar-refractivity contribution in [2.24, 2.45) is 0 Å². The molecule has 2 N–H and O–H groups in total. The van der Waals surface area contributed by atoms with Crippen LogP contribution < -0.4 is 5.32 Å². The van der Waals surface area contributed by atoms with Crippen LogP contribution >= 0.6 is 11.8 Å². The molecule has 0 spiro atoms. The molecule has 2 aromatic rings. The van der Waals surface area contributed by atoms with Crippen LogP contribution in [0.1, 0.15) is 36.5 Å². The van der Waals surface area contributed by atoms with E-state index in [0.29, 0.717) is 0 Å². The van der Waals surface area contributed by atoms with Crippen molar-refractivity contribution in [1.82, 2.24) is 5.32 Å². The van der Waals surface area contributed by atoms with Gasteiger partial charge in [0.15, 0.2) is 0 Å². The summed E-state index contributed by atoms with van der Waals surface area (Å²) >= 11 is 1.58. The number of nitrogens with one attached hydrogen (secondary N) is 1. The van der Waals surface area contributed by atoms with Crippen LogP contribution in [-0.4, -0.2) is 23.2 Å². The van der Waals surface area contributed by atoms with Gasteiger partial charge in [-0.2, -0.15) is 0 Å². The maximum atomic E-state index is 12.9. The van der Waals surface area contributed by atoms with Gasteiger partial charge < -0.3 is 10.4 Å². The maximum Gasteiger partial charge on any atom is 0.238 e. The van der Waals surface area contributed by atoms with Crippen LogP contribution in [0.3, 0.4) is 0 Å². The topological polar surface area (TPSA) is 49.3 Å². The molecule has 0 radical (unpaired) electrons. The Kier molecular flexibility index (Phi) is 5.94. The highest BCUT2D eigenvalue weighted by Crippen LogP contribution is 2.35. The molecular weight excluding hydrogens is 318 g/mol.